The van der Waals surface area contributed by atoms with Gasteiger partial charge in [-0.05, 0) is 31.0 Å². The number of carbonyl (C=O) groups is 1. The highest BCUT2D eigenvalue weighted by atomic mass is 35.5. The molecule has 0 saturated carbocycles. The van der Waals surface area contributed by atoms with Crippen LogP contribution in [0.5, 0.6) is 0 Å². The molecule has 6 heteroatoms. The number of anilines is 1. The van der Waals surface area contributed by atoms with Crippen molar-refractivity contribution in [2.45, 2.75) is 18.9 Å². The van der Waals surface area contributed by atoms with Crippen molar-refractivity contribution in [2.75, 3.05) is 37.7 Å². The Balaban J connectivity index is 1.64. The summed E-state index contributed by atoms with van der Waals surface area (Å²) in [5.74, 6) is 0.105. The second kappa shape index (κ2) is 6.55. The molecule has 2 aliphatic heterocycles. The highest BCUT2D eigenvalue weighted by molar-refractivity contribution is 6.30. The number of rotatable bonds is 2. The maximum atomic E-state index is 12.3. The zero-order chi connectivity index (χ0) is 15.5. The Morgan fingerprint density at radius 3 is 2.73 bits per heavy atom. The molecule has 0 bridgehead atoms. The van der Waals surface area contributed by atoms with Gasteiger partial charge in [0.15, 0.2) is 0 Å². The fourth-order valence-electron chi connectivity index (χ4n) is 3.02. The molecule has 2 saturated heterocycles. The Bertz CT molecular complexity index is 600. The van der Waals surface area contributed by atoms with E-state index in [1.807, 2.05) is 11.0 Å². The van der Waals surface area contributed by atoms with Crippen LogP contribution in [-0.2, 0) is 9.53 Å². The van der Waals surface area contributed by atoms with E-state index in [1.165, 1.54) is 0 Å². The number of nitrogens with zero attached hydrogens (tertiary/aromatic N) is 3. The summed E-state index contributed by atoms with van der Waals surface area (Å²) in [6.45, 7) is 3.44. The van der Waals surface area contributed by atoms with Crippen molar-refractivity contribution in [3.8, 4) is 6.07 Å². The maximum Gasteiger partial charge on any atom is 0.251 e. The SMILES string of the molecule is N#Cc1cc(Cl)ccc1N1CCN(C(=O)C2CCCO2)CC1. The van der Waals surface area contributed by atoms with Gasteiger partial charge in [0.25, 0.3) is 5.91 Å². The molecule has 0 spiro atoms. The van der Waals surface area contributed by atoms with Crippen LogP contribution in [0.1, 0.15) is 18.4 Å². The summed E-state index contributed by atoms with van der Waals surface area (Å²) in [5.41, 5.74) is 1.46. The largest absolute Gasteiger partial charge is 0.368 e. The van der Waals surface area contributed by atoms with Crippen molar-refractivity contribution in [1.82, 2.24) is 4.90 Å². The Kier molecular flexibility index (Phi) is 4.51. The number of hydrogen-bond donors (Lipinski definition) is 0. The van der Waals surface area contributed by atoms with E-state index in [1.54, 1.807) is 12.1 Å². The average Bonchev–Trinajstić information content (AvgIpc) is 3.08. The highest BCUT2D eigenvalue weighted by Gasteiger charge is 2.30. The number of halogens is 1. The monoisotopic (exact) mass is 319 g/mol. The lowest BCUT2D eigenvalue weighted by molar-refractivity contribution is -0.141. The molecule has 2 fully saturated rings. The van der Waals surface area contributed by atoms with Gasteiger partial charge >= 0.3 is 0 Å². The van der Waals surface area contributed by atoms with E-state index in [0.29, 0.717) is 30.3 Å². The molecule has 3 rings (SSSR count). The van der Waals surface area contributed by atoms with Crippen LogP contribution >= 0.6 is 11.6 Å². The lowest BCUT2D eigenvalue weighted by atomic mass is 10.1. The maximum absolute atomic E-state index is 12.3. The third-order valence-corrected chi connectivity index (χ3v) is 4.45. The number of benzene rings is 1. The lowest BCUT2D eigenvalue weighted by Gasteiger charge is -2.37. The fraction of sp³-hybridized carbons (Fsp3) is 0.500. The first-order valence-electron chi connectivity index (χ1n) is 7.54. The molecule has 1 aromatic rings. The molecule has 1 atom stereocenters. The predicted octanol–water partition coefficient (Wildman–Crippen LogP) is 2.04. The van der Waals surface area contributed by atoms with Crippen LogP contribution in [-0.4, -0.2) is 49.7 Å². The third kappa shape index (κ3) is 3.03. The first kappa shape index (κ1) is 15.1. The minimum atomic E-state index is -0.253. The summed E-state index contributed by atoms with van der Waals surface area (Å²) in [4.78, 5) is 16.3. The van der Waals surface area contributed by atoms with Crippen molar-refractivity contribution in [3.63, 3.8) is 0 Å². The van der Waals surface area contributed by atoms with E-state index >= 15 is 0 Å². The Hall–Kier alpha value is -1.77. The molecule has 2 aliphatic rings. The molecule has 0 aromatic heterocycles. The molecule has 2 heterocycles. The lowest BCUT2D eigenvalue weighted by Crippen LogP contribution is -2.51. The van der Waals surface area contributed by atoms with Crippen molar-refractivity contribution in [3.05, 3.63) is 28.8 Å². The smallest absolute Gasteiger partial charge is 0.251 e. The Morgan fingerprint density at radius 2 is 2.09 bits per heavy atom. The molecule has 5 nitrogen and oxygen atoms in total. The quantitative estimate of drug-likeness (QED) is 0.837. The van der Waals surface area contributed by atoms with E-state index in [4.69, 9.17) is 16.3 Å². The number of nitriles is 1. The van der Waals surface area contributed by atoms with Crippen LogP contribution in [0.2, 0.25) is 5.02 Å². The van der Waals surface area contributed by atoms with Gasteiger partial charge in [-0.3, -0.25) is 4.79 Å². The van der Waals surface area contributed by atoms with Crippen LogP contribution in [0, 0.1) is 11.3 Å². The second-order valence-electron chi connectivity index (χ2n) is 5.59. The molecule has 0 N–H and O–H groups in total. The van der Waals surface area contributed by atoms with Crippen molar-refractivity contribution >= 4 is 23.2 Å². The van der Waals surface area contributed by atoms with Gasteiger partial charge in [-0.25, -0.2) is 0 Å². The Labute approximate surface area is 135 Å². The van der Waals surface area contributed by atoms with Crippen LogP contribution in [0.3, 0.4) is 0 Å². The van der Waals surface area contributed by atoms with E-state index < -0.39 is 0 Å². The summed E-state index contributed by atoms with van der Waals surface area (Å²) >= 11 is 5.94. The van der Waals surface area contributed by atoms with Gasteiger partial charge in [0.05, 0.1) is 11.3 Å². The van der Waals surface area contributed by atoms with Gasteiger partial charge in [0.1, 0.15) is 12.2 Å². The second-order valence-corrected chi connectivity index (χ2v) is 6.02. The fourth-order valence-corrected chi connectivity index (χ4v) is 3.19. The zero-order valence-corrected chi connectivity index (χ0v) is 13.1. The molecule has 116 valence electrons. The van der Waals surface area contributed by atoms with Gasteiger partial charge in [-0.1, -0.05) is 11.6 Å². The zero-order valence-electron chi connectivity index (χ0n) is 12.3. The van der Waals surface area contributed by atoms with E-state index in [2.05, 4.69) is 11.0 Å². The summed E-state index contributed by atoms with van der Waals surface area (Å²) in [5, 5.41) is 9.80. The van der Waals surface area contributed by atoms with E-state index in [9.17, 15) is 10.1 Å². The van der Waals surface area contributed by atoms with Crippen LogP contribution in [0.15, 0.2) is 18.2 Å². The summed E-state index contributed by atoms with van der Waals surface area (Å²) < 4.78 is 5.47. The average molecular weight is 320 g/mol. The molecular weight excluding hydrogens is 302 g/mol. The standard InChI is InChI=1S/C16H18ClN3O2/c17-13-3-4-14(12(10-13)11-18)19-5-7-20(8-6-19)16(21)15-2-1-9-22-15/h3-4,10,15H,1-2,5-9H2. The summed E-state index contributed by atoms with van der Waals surface area (Å²) in [7, 11) is 0. The molecular formula is C16H18ClN3O2. The van der Waals surface area contributed by atoms with Crippen molar-refractivity contribution in [1.29, 1.82) is 5.26 Å². The topological polar surface area (TPSA) is 56.6 Å². The first-order chi connectivity index (χ1) is 10.7. The highest BCUT2D eigenvalue weighted by Crippen LogP contribution is 2.25. The minimum Gasteiger partial charge on any atom is -0.368 e. The van der Waals surface area contributed by atoms with Crippen molar-refractivity contribution < 1.29 is 9.53 Å². The van der Waals surface area contributed by atoms with Gasteiger partial charge in [-0.2, -0.15) is 5.26 Å². The van der Waals surface area contributed by atoms with Crippen LogP contribution in [0.4, 0.5) is 5.69 Å². The Morgan fingerprint density at radius 1 is 1.32 bits per heavy atom. The summed E-state index contributed by atoms with van der Waals surface area (Å²) in [6, 6.07) is 7.53. The van der Waals surface area contributed by atoms with Crippen LogP contribution < -0.4 is 4.90 Å². The number of piperazine rings is 1. The van der Waals surface area contributed by atoms with E-state index in [-0.39, 0.29) is 12.0 Å². The first-order valence-corrected chi connectivity index (χ1v) is 7.92. The molecule has 1 amide bonds. The normalized spacial score (nSPS) is 21.7. The van der Waals surface area contributed by atoms with Gasteiger partial charge in [0, 0.05) is 37.8 Å². The number of amides is 1. The number of hydrogen-bond acceptors (Lipinski definition) is 4. The predicted molar refractivity (Wildman–Crippen MR) is 83.9 cm³/mol. The van der Waals surface area contributed by atoms with Crippen molar-refractivity contribution in [2.24, 2.45) is 0 Å². The van der Waals surface area contributed by atoms with Gasteiger partial charge in [-0.15, -0.1) is 0 Å². The molecule has 0 aliphatic carbocycles. The third-order valence-electron chi connectivity index (χ3n) is 4.22. The van der Waals surface area contributed by atoms with Gasteiger partial charge < -0.3 is 14.5 Å². The number of carbonyl (C=O) groups excluding carboxylic acids is 1. The summed E-state index contributed by atoms with van der Waals surface area (Å²) in [6.07, 6.45) is 1.54. The molecule has 0 radical (unpaired) electrons. The number of ether oxygens (including phenoxy) is 1. The van der Waals surface area contributed by atoms with E-state index in [0.717, 1.165) is 31.6 Å². The molecule has 22 heavy (non-hydrogen) atoms. The van der Waals surface area contributed by atoms with Crippen LogP contribution in [0.25, 0.3) is 0 Å². The molecule has 1 unspecified atom stereocenters. The molecule has 1 aromatic carbocycles. The minimum absolute atomic E-state index is 0.105. The van der Waals surface area contributed by atoms with Gasteiger partial charge in [0.2, 0.25) is 0 Å².